The van der Waals surface area contributed by atoms with Crippen molar-refractivity contribution < 1.29 is 9.66 Å². The quantitative estimate of drug-likeness (QED) is 0.675. The van der Waals surface area contributed by atoms with Crippen LogP contribution in [0.25, 0.3) is 0 Å². The van der Waals surface area contributed by atoms with Gasteiger partial charge in [-0.05, 0) is 31.0 Å². The van der Waals surface area contributed by atoms with Crippen molar-refractivity contribution >= 4 is 11.5 Å². The van der Waals surface area contributed by atoms with Crippen molar-refractivity contribution in [1.82, 2.24) is 4.98 Å². The minimum Gasteiger partial charge on any atom is -0.438 e. The molecule has 6 nitrogen and oxygen atoms in total. The molecule has 1 aromatic carbocycles. The highest BCUT2D eigenvalue weighted by Gasteiger charge is 2.12. The molecule has 0 saturated carbocycles. The summed E-state index contributed by atoms with van der Waals surface area (Å²) in [7, 11) is 0. The van der Waals surface area contributed by atoms with Crippen molar-refractivity contribution in [1.29, 1.82) is 0 Å². The molecule has 0 unspecified atom stereocenters. The second-order valence-electron chi connectivity index (χ2n) is 4.22. The summed E-state index contributed by atoms with van der Waals surface area (Å²) in [6.07, 6.45) is 0. The average Bonchev–Trinajstić information content (AvgIpc) is 2.33. The molecule has 0 atom stereocenters. The Morgan fingerprint density at radius 1 is 1.26 bits per heavy atom. The predicted octanol–water partition coefficient (Wildman–Crippen LogP) is 2.98. The number of rotatable bonds is 3. The van der Waals surface area contributed by atoms with Crippen molar-refractivity contribution in [2.45, 2.75) is 13.8 Å². The molecular weight excluding hydrogens is 246 g/mol. The van der Waals surface area contributed by atoms with E-state index < -0.39 is 4.92 Å². The topological polar surface area (TPSA) is 91.3 Å². The minimum absolute atomic E-state index is 0.0505. The van der Waals surface area contributed by atoms with Gasteiger partial charge in [0.1, 0.15) is 11.6 Å². The number of hydrogen-bond acceptors (Lipinski definition) is 5. The Balaban J connectivity index is 2.38. The van der Waals surface area contributed by atoms with E-state index in [9.17, 15) is 10.1 Å². The number of nitrogen functional groups attached to an aromatic ring is 1. The summed E-state index contributed by atoms with van der Waals surface area (Å²) in [5.74, 6) is 0.766. The number of benzene rings is 1. The zero-order valence-corrected chi connectivity index (χ0v) is 10.6. The highest BCUT2D eigenvalue weighted by molar-refractivity contribution is 5.47. The summed E-state index contributed by atoms with van der Waals surface area (Å²) in [5.41, 5.74) is 7.32. The molecule has 0 spiro atoms. The van der Waals surface area contributed by atoms with Gasteiger partial charge in [-0.25, -0.2) is 0 Å². The number of nitrogens with two attached hydrogens (primary N) is 1. The maximum Gasteiger partial charge on any atom is 0.278 e. The van der Waals surface area contributed by atoms with E-state index in [4.69, 9.17) is 10.5 Å². The van der Waals surface area contributed by atoms with Crippen LogP contribution in [0.5, 0.6) is 11.6 Å². The van der Waals surface area contributed by atoms with E-state index in [-0.39, 0.29) is 17.4 Å². The van der Waals surface area contributed by atoms with E-state index >= 15 is 0 Å². The Morgan fingerprint density at radius 2 is 2.00 bits per heavy atom. The van der Waals surface area contributed by atoms with Gasteiger partial charge in [-0.15, -0.1) is 0 Å². The smallest absolute Gasteiger partial charge is 0.278 e. The number of aromatic nitrogens is 1. The van der Waals surface area contributed by atoms with Gasteiger partial charge in [0.05, 0.1) is 17.1 Å². The highest BCUT2D eigenvalue weighted by atomic mass is 16.6. The summed E-state index contributed by atoms with van der Waals surface area (Å²) in [6.45, 7) is 3.82. The van der Waals surface area contributed by atoms with Crippen LogP contribution in [-0.4, -0.2) is 9.91 Å². The zero-order chi connectivity index (χ0) is 14.0. The molecule has 0 radical (unpaired) electrons. The van der Waals surface area contributed by atoms with Crippen LogP contribution in [0.1, 0.15) is 11.1 Å². The molecule has 1 heterocycles. The summed E-state index contributed by atoms with van der Waals surface area (Å²) >= 11 is 0. The van der Waals surface area contributed by atoms with Crippen LogP contribution in [0.2, 0.25) is 0 Å². The van der Waals surface area contributed by atoms with Gasteiger partial charge < -0.3 is 10.5 Å². The first-order valence-electron chi connectivity index (χ1n) is 5.63. The Morgan fingerprint density at radius 3 is 2.68 bits per heavy atom. The number of aryl methyl sites for hydroxylation is 2. The summed E-state index contributed by atoms with van der Waals surface area (Å²) in [6, 6.07) is 8.14. The molecule has 0 saturated heterocycles. The van der Waals surface area contributed by atoms with Crippen molar-refractivity contribution in [2.75, 3.05) is 5.73 Å². The van der Waals surface area contributed by atoms with Gasteiger partial charge >= 0.3 is 0 Å². The molecule has 19 heavy (non-hydrogen) atoms. The third-order valence-electron chi connectivity index (χ3n) is 2.58. The molecule has 2 rings (SSSR count). The number of hydrogen-bond donors (Lipinski definition) is 1. The summed E-state index contributed by atoms with van der Waals surface area (Å²) in [4.78, 5) is 14.1. The highest BCUT2D eigenvalue weighted by Crippen LogP contribution is 2.28. The van der Waals surface area contributed by atoms with E-state index in [1.807, 2.05) is 32.0 Å². The molecule has 0 fully saturated rings. The molecule has 6 heteroatoms. The lowest BCUT2D eigenvalue weighted by Gasteiger charge is -2.09. The molecule has 0 aliphatic carbocycles. The number of pyridine rings is 1. The first-order valence-corrected chi connectivity index (χ1v) is 5.63. The van der Waals surface area contributed by atoms with Crippen molar-refractivity contribution in [3.8, 4) is 11.6 Å². The third kappa shape index (κ3) is 2.98. The summed E-state index contributed by atoms with van der Waals surface area (Å²) < 4.78 is 5.57. The Hall–Kier alpha value is -2.63. The molecule has 0 aliphatic heterocycles. The molecule has 0 amide bonds. The fraction of sp³-hybridized carbons (Fsp3) is 0.154. The summed E-state index contributed by atoms with van der Waals surface area (Å²) in [5, 5.41) is 10.7. The van der Waals surface area contributed by atoms with E-state index in [0.717, 1.165) is 11.1 Å². The predicted molar refractivity (Wildman–Crippen MR) is 71.3 cm³/mol. The monoisotopic (exact) mass is 259 g/mol. The Kier molecular flexibility index (Phi) is 3.33. The van der Waals surface area contributed by atoms with Gasteiger partial charge in [-0.3, -0.25) is 10.1 Å². The maximum atomic E-state index is 10.7. The van der Waals surface area contributed by atoms with Gasteiger partial charge in [0.25, 0.3) is 5.69 Å². The van der Waals surface area contributed by atoms with Crippen LogP contribution < -0.4 is 10.5 Å². The van der Waals surface area contributed by atoms with Crippen LogP contribution >= 0.6 is 0 Å². The first-order chi connectivity index (χ1) is 8.95. The molecule has 0 bridgehead atoms. The van der Waals surface area contributed by atoms with E-state index in [0.29, 0.717) is 5.75 Å². The van der Waals surface area contributed by atoms with Crippen molar-refractivity contribution in [3.63, 3.8) is 0 Å². The fourth-order valence-electron chi connectivity index (χ4n) is 1.60. The van der Waals surface area contributed by atoms with E-state index in [2.05, 4.69) is 4.98 Å². The molecule has 2 N–H and O–H groups in total. The van der Waals surface area contributed by atoms with Crippen molar-refractivity contribution in [2.24, 2.45) is 0 Å². The van der Waals surface area contributed by atoms with Crippen LogP contribution in [0, 0.1) is 24.0 Å². The lowest BCUT2D eigenvalue weighted by atomic mass is 10.1. The van der Waals surface area contributed by atoms with Gasteiger partial charge in [-0.2, -0.15) is 4.98 Å². The van der Waals surface area contributed by atoms with Crippen LogP contribution in [-0.2, 0) is 0 Å². The number of nitrogens with zero attached hydrogens (tertiary/aromatic N) is 2. The largest absolute Gasteiger partial charge is 0.438 e. The lowest BCUT2D eigenvalue weighted by Crippen LogP contribution is -1.98. The molecular formula is C13H13N3O3. The molecule has 1 aromatic heterocycles. The average molecular weight is 259 g/mol. The van der Waals surface area contributed by atoms with Crippen LogP contribution in [0.3, 0.4) is 0 Å². The molecule has 0 aliphatic rings. The molecule has 2 aromatic rings. The van der Waals surface area contributed by atoms with E-state index in [1.54, 1.807) is 0 Å². The van der Waals surface area contributed by atoms with E-state index in [1.165, 1.54) is 12.1 Å². The number of anilines is 1. The minimum atomic E-state index is -0.534. The lowest BCUT2D eigenvalue weighted by molar-refractivity contribution is -0.384. The fourth-order valence-corrected chi connectivity index (χ4v) is 1.60. The zero-order valence-electron chi connectivity index (χ0n) is 10.6. The second kappa shape index (κ2) is 4.93. The van der Waals surface area contributed by atoms with Gasteiger partial charge in [-0.1, -0.05) is 12.1 Å². The second-order valence-corrected chi connectivity index (χ2v) is 4.22. The van der Waals surface area contributed by atoms with Crippen molar-refractivity contribution in [3.05, 3.63) is 51.6 Å². The number of nitro groups is 1. The Labute approximate surface area is 110 Å². The van der Waals surface area contributed by atoms with Crippen LogP contribution in [0.4, 0.5) is 11.5 Å². The molecule has 98 valence electrons. The van der Waals surface area contributed by atoms with Gasteiger partial charge in [0.2, 0.25) is 5.88 Å². The number of ether oxygens (including phenoxy) is 1. The van der Waals surface area contributed by atoms with Crippen LogP contribution in [0.15, 0.2) is 30.3 Å². The maximum absolute atomic E-state index is 10.7. The Bertz CT molecular complexity index is 641. The third-order valence-corrected chi connectivity index (χ3v) is 2.58. The SMILES string of the molecule is Cc1ccc(C)c(Oc2cc([N+](=O)[O-])cc(N)n2)c1. The first kappa shape index (κ1) is 12.8. The van der Waals surface area contributed by atoms with Gasteiger partial charge in [0.15, 0.2) is 0 Å². The van der Waals surface area contributed by atoms with Gasteiger partial charge in [0, 0.05) is 0 Å². The standard InChI is InChI=1S/C13H13N3O3/c1-8-3-4-9(2)11(5-8)19-13-7-10(16(17)18)6-12(14)15-13/h3-7H,1-2H3,(H2,14,15). The normalized spacial score (nSPS) is 10.2.